The second-order valence-corrected chi connectivity index (χ2v) is 4.24. The van der Waals surface area contributed by atoms with E-state index in [4.69, 9.17) is 10.5 Å². The summed E-state index contributed by atoms with van der Waals surface area (Å²) in [6.07, 6.45) is 0.868. The highest BCUT2D eigenvalue weighted by Crippen LogP contribution is 2.11. The first-order valence-corrected chi connectivity index (χ1v) is 5.58. The number of halogens is 2. The third-order valence-corrected chi connectivity index (χ3v) is 2.35. The number of hydrogen-bond acceptors (Lipinski definition) is 3. The highest BCUT2D eigenvalue weighted by molar-refractivity contribution is 5.77. The molecule has 0 aliphatic carbocycles. The lowest BCUT2D eigenvalue weighted by molar-refractivity contribution is -0.145. The summed E-state index contributed by atoms with van der Waals surface area (Å²) < 4.78 is 5.11. The maximum atomic E-state index is 11.6. The van der Waals surface area contributed by atoms with Crippen molar-refractivity contribution in [3.05, 3.63) is 35.9 Å². The van der Waals surface area contributed by atoms with Crippen LogP contribution in [0.25, 0.3) is 0 Å². The fourth-order valence-electron chi connectivity index (χ4n) is 1.28. The second kappa shape index (κ2) is 10.2. The number of benzene rings is 1. The van der Waals surface area contributed by atoms with Crippen LogP contribution in [0.3, 0.4) is 0 Å². The second-order valence-electron chi connectivity index (χ2n) is 4.24. The van der Waals surface area contributed by atoms with Crippen molar-refractivity contribution in [2.75, 3.05) is 6.61 Å². The molecule has 0 aliphatic rings. The topological polar surface area (TPSA) is 52.3 Å². The first kappa shape index (κ1) is 19.6. The molecule has 0 radical (unpaired) electrons. The van der Waals surface area contributed by atoms with Gasteiger partial charge in [0.15, 0.2) is 0 Å². The predicted octanol–water partition coefficient (Wildman–Crippen LogP) is -3.72. The Morgan fingerprint density at radius 1 is 1.22 bits per heavy atom. The van der Waals surface area contributed by atoms with Gasteiger partial charge in [-0.25, -0.2) is 4.79 Å². The van der Waals surface area contributed by atoms with Crippen LogP contribution in [0.5, 0.6) is 0 Å². The van der Waals surface area contributed by atoms with Crippen LogP contribution in [-0.4, -0.2) is 12.6 Å². The molecule has 1 aromatic rings. The molecule has 1 aromatic carbocycles. The number of hydrogen-bond donors (Lipinski definition) is 1. The lowest BCUT2D eigenvalue weighted by Crippen LogP contribution is -3.00. The monoisotopic (exact) mass is 291 g/mol. The molecule has 0 fully saturated rings. The molecule has 0 aromatic heterocycles. The van der Waals surface area contributed by atoms with Crippen molar-refractivity contribution in [2.45, 2.75) is 26.3 Å². The SMILES string of the molecule is CC(C)CCOC(=O)C(N)c1ccccc1.[Cl-].[Cl-]. The number of ether oxygens (including phenoxy) is 1. The van der Waals surface area contributed by atoms with Gasteiger partial charge < -0.3 is 35.3 Å². The Bertz CT molecular complexity index is 331. The van der Waals surface area contributed by atoms with Gasteiger partial charge in [0.2, 0.25) is 0 Å². The molecular weight excluding hydrogens is 273 g/mol. The lowest BCUT2D eigenvalue weighted by Gasteiger charge is -2.12. The van der Waals surface area contributed by atoms with Crippen LogP contribution in [-0.2, 0) is 9.53 Å². The van der Waals surface area contributed by atoms with E-state index >= 15 is 0 Å². The molecule has 5 heteroatoms. The van der Waals surface area contributed by atoms with E-state index in [1.165, 1.54) is 0 Å². The summed E-state index contributed by atoms with van der Waals surface area (Å²) in [4.78, 5) is 11.6. The molecule has 3 nitrogen and oxygen atoms in total. The van der Waals surface area contributed by atoms with Gasteiger partial charge in [-0.1, -0.05) is 44.2 Å². The van der Waals surface area contributed by atoms with E-state index in [1.54, 1.807) is 0 Å². The molecule has 2 N–H and O–H groups in total. The molecule has 1 unspecified atom stereocenters. The molecule has 0 heterocycles. The smallest absolute Gasteiger partial charge is 0.327 e. The van der Waals surface area contributed by atoms with Crippen molar-refractivity contribution in [1.29, 1.82) is 0 Å². The summed E-state index contributed by atoms with van der Waals surface area (Å²) in [5, 5.41) is 0. The van der Waals surface area contributed by atoms with Crippen molar-refractivity contribution in [3.8, 4) is 0 Å². The van der Waals surface area contributed by atoms with Gasteiger partial charge in [-0.2, -0.15) is 0 Å². The van der Waals surface area contributed by atoms with E-state index in [0.29, 0.717) is 12.5 Å². The van der Waals surface area contributed by atoms with Crippen molar-refractivity contribution >= 4 is 5.97 Å². The molecule has 0 bridgehead atoms. The van der Waals surface area contributed by atoms with E-state index in [-0.39, 0.29) is 30.8 Å². The minimum Gasteiger partial charge on any atom is -1.00 e. The molecule has 104 valence electrons. The van der Waals surface area contributed by atoms with E-state index in [9.17, 15) is 4.79 Å². The summed E-state index contributed by atoms with van der Waals surface area (Å²) in [6, 6.07) is 8.59. The van der Waals surface area contributed by atoms with Crippen LogP contribution >= 0.6 is 0 Å². The third-order valence-electron chi connectivity index (χ3n) is 2.35. The molecule has 0 saturated carbocycles. The minimum atomic E-state index is -0.673. The summed E-state index contributed by atoms with van der Waals surface area (Å²) in [7, 11) is 0. The van der Waals surface area contributed by atoms with Crippen molar-refractivity contribution in [3.63, 3.8) is 0 Å². The Morgan fingerprint density at radius 3 is 2.28 bits per heavy atom. The highest BCUT2D eigenvalue weighted by atomic mass is 35.5. The Kier molecular flexibility index (Phi) is 11.1. The largest absolute Gasteiger partial charge is 1.00 e. The van der Waals surface area contributed by atoms with Gasteiger partial charge in [0.25, 0.3) is 0 Å². The first-order chi connectivity index (χ1) is 7.61. The first-order valence-electron chi connectivity index (χ1n) is 5.58. The van der Waals surface area contributed by atoms with Gasteiger partial charge in [0.05, 0.1) is 6.61 Å². The van der Waals surface area contributed by atoms with Crippen LogP contribution in [0.4, 0.5) is 0 Å². The molecule has 0 amide bonds. The highest BCUT2D eigenvalue weighted by Gasteiger charge is 2.16. The molecule has 0 saturated heterocycles. The van der Waals surface area contributed by atoms with Gasteiger partial charge in [0, 0.05) is 0 Å². The van der Waals surface area contributed by atoms with Crippen LogP contribution in [0, 0.1) is 5.92 Å². The Labute approximate surface area is 121 Å². The Hall–Kier alpha value is -0.770. The van der Waals surface area contributed by atoms with E-state index in [0.717, 1.165) is 12.0 Å². The third kappa shape index (κ3) is 6.84. The lowest BCUT2D eigenvalue weighted by atomic mass is 10.1. The fourth-order valence-corrected chi connectivity index (χ4v) is 1.28. The van der Waals surface area contributed by atoms with Gasteiger partial charge in [-0.3, -0.25) is 0 Å². The van der Waals surface area contributed by atoms with E-state index in [1.807, 2.05) is 30.3 Å². The number of carbonyl (C=O) groups is 1. The Balaban J connectivity index is 0. The maximum absolute atomic E-state index is 11.6. The average Bonchev–Trinajstić information content (AvgIpc) is 2.28. The number of rotatable bonds is 5. The molecule has 1 rings (SSSR count). The molecular formula is C13H19Cl2NO2-2. The number of nitrogens with two attached hydrogens (primary N) is 1. The van der Waals surface area contributed by atoms with Crippen molar-refractivity contribution < 1.29 is 34.3 Å². The average molecular weight is 292 g/mol. The zero-order valence-corrected chi connectivity index (χ0v) is 12.1. The summed E-state index contributed by atoms with van der Waals surface area (Å²) in [5.74, 6) is 0.174. The molecule has 18 heavy (non-hydrogen) atoms. The van der Waals surface area contributed by atoms with E-state index < -0.39 is 6.04 Å². The van der Waals surface area contributed by atoms with Crippen molar-refractivity contribution in [1.82, 2.24) is 0 Å². The zero-order valence-electron chi connectivity index (χ0n) is 10.6. The standard InChI is InChI=1S/C13H19NO2.2ClH/c1-10(2)8-9-16-13(15)12(14)11-6-4-3-5-7-11;;/h3-7,10,12H,8-9,14H2,1-2H3;2*1H/p-2. The number of carbonyl (C=O) groups excluding carboxylic acids is 1. The predicted molar refractivity (Wildman–Crippen MR) is 63.8 cm³/mol. The van der Waals surface area contributed by atoms with Crippen LogP contribution < -0.4 is 30.5 Å². The summed E-state index contributed by atoms with van der Waals surface area (Å²) in [5.41, 5.74) is 6.57. The fraction of sp³-hybridized carbons (Fsp3) is 0.462. The zero-order chi connectivity index (χ0) is 12.0. The van der Waals surface area contributed by atoms with Gasteiger partial charge in [-0.15, -0.1) is 0 Å². The number of esters is 1. The maximum Gasteiger partial charge on any atom is 0.327 e. The molecule has 0 spiro atoms. The summed E-state index contributed by atoms with van der Waals surface area (Å²) in [6.45, 7) is 4.62. The van der Waals surface area contributed by atoms with Crippen LogP contribution in [0.15, 0.2) is 30.3 Å². The van der Waals surface area contributed by atoms with Crippen LogP contribution in [0.2, 0.25) is 0 Å². The molecule has 1 atom stereocenters. The quantitative estimate of drug-likeness (QED) is 0.568. The van der Waals surface area contributed by atoms with Gasteiger partial charge >= 0.3 is 5.97 Å². The van der Waals surface area contributed by atoms with Crippen LogP contribution in [0.1, 0.15) is 31.9 Å². The normalized spacial score (nSPS) is 11.1. The van der Waals surface area contributed by atoms with Crippen molar-refractivity contribution in [2.24, 2.45) is 11.7 Å². The molecule has 0 aliphatic heterocycles. The summed E-state index contributed by atoms with van der Waals surface area (Å²) >= 11 is 0. The Morgan fingerprint density at radius 2 is 1.78 bits per heavy atom. The van der Waals surface area contributed by atoms with E-state index in [2.05, 4.69) is 13.8 Å². The minimum absolute atomic E-state index is 0. The van der Waals surface area contributed by atoms with Gasteiger partial charge in [0.1, 0.15) is 6.04 Å². The van der Waals surface area contributed by atoms with Gasteiger partial charge in [-0.05, 0) is 17.9 Å².